The number of fused-ring (bicyclic) bond motifs is 1. The predicted molar refractivity (Wildman–Crippen MR) is 95.9 cm³/mol. The van der Waals surface area contributed by atoms with Crippen molar-refractivity contribution >= 4 is 37.7 Å². The summed E-state index contributed by atoms with van der Waals surface area (Å²) in [6, 6.07) is 7.59. The summed E-state index contributed by atoms with van der Waals surface area (Å²) in [6.45, 7) is 2.20. The van der Waals surface area contributed by atoms with Gasteiger partial charge < -0.3 is 10.2 Å². The SMILES string of the molecule is CC(NC(=O)C1=CN2CCS(=O)(=O)N=C2C=C1)c1cccc(Br)c1. The Morgan fingerprint density at radius 2 is 2.17 bits per heavy atom. The largest absolute Gasteiger partial charge is 0.345 e. The van der Waals surface area contributed by atoms with E-state index in [2.05, 4.69) is 25.6 Å². The topological polar surface area (TPSA) is 78.8 Å². The number of nitrogens with zero attached hydrogens (tertiary/aromatic N) is 2. The van der Waals surface area contributed by atoms with Gasteiger partial charge in [-0.05, 0) is 36.8 Å². The van der Waals surface area contributed by atoms with Crippen LogP contribution in [0.1, 0.15) is 18.5 Å². The van der Waals surface area contributed by atoms with E-state index in [0.29, 0.717) is 18.0 Å². The van der Waals surface area contributed by atoms with Crippen molar-refractivity contribution in [3.63, 3.8) is 0 Å². The molecule has 6 nitrogen and oxygen atoms in total. The number of halogens is 1. The summed E-state index contributed by atoms with van der Waals surface area (Å²) < 4.78 is 27.6. The fourth-order valence-electron chi connectivity index (χ4n) is 2.47. The molecule has 0 aliphatic carbocycles. The van der Waals surface area contributed by atoms with Crippen molar-refractivity contribution < 1.29 is 13.2 Å². The maximum atomic E-state index is 12.4. The van der Waals surface area contributed by atoms with E-state index in [0.717, 1.165) is 10.0 Å². The third-order valence-electron chi connectivity index (χ3n) is 3.78. The van der Waals surface area contributed by atoms with Crippen molar-refractivity contribution in [2.45, 2.75) is 13.0 Å². The number of amidine groups is 1. The summed E-state index contributed by atoms with van der Waals surface area (Å²) in [6.07, 6.45) is 4.77. The number of carbonyl (C=O) groups excluding carboxylic acids is 1. The van der Waals surface area contributed by atoms with Crippen LogP contribution in [0.3, 0.4) is 0 Å². The number of sulfonamides is 1. The minimum atomic E-state index is -3.39. The van der Waals surface area contributed by atoms with E-state index in [-0.39, 0.29) is 17.7 Å². The van der Waals surface area contributed by atoms with Crippen LogP contribution >= 0.6 is 15.9 Å². The number of benzene rings is 1. The zero-order valence-corrected chi connectivity index (χ0v) is 15.3. The van der Waals surface area contributed by atoms with E-state index in [1.807, 2.05) is 31.2 Å². The molecule has 1 unspecified atom stereocenters. The highest BCUT2D eigenvalue weighted by Crippen LogP contribution is 2.20. The summed E-state index contributed by atoms with van der Waals surface area (Å²) in [7, 11) is -3.39. The van der Waals surface area contributed by atoms with E-state index >= 15 is 0 Å². The fourth-order valence-corrected chi connectivity index (χ4v) is 3.86. The summed E-state index contributed by atoms with van der Waals surface area (Å²) in [5, 5.41) is 2.94. The first-order chi connectivity index (χ1) is 11.3. The summed E-state index contributed by atoms with van der Waals surface area (Å²) >= 11 is 3.42. The summed E-state index contributed by atoms with van der Waals surface area (Å²) in [5.74, 6) is 0.0773. The van der Waals surface area contributed by atoms with Gasteiger partial charge in [0.1, 0.15) is 5.84 Å². The first-order valence-corrected chi connectivity index (χ1v) is 9.80. The standard InChI is InChI=1S/C16H16BrN3O3S/c1-11(12-3-2-4-14(17)9-12)18-16(21)13-5-6-15-19-24(22,23)8-7-20(15)10-13/h2-6,9-11H,7-8H2,1H3,(H,18,21). The summed E-state index contributed by atoms with van der Waals surface area (Å²) in [5.41, 5.74) is 1.46. The van der Waals surface area contributed by atoms with E-state index in [1.165, 1.54) is 0 Å². The molecule has 0 fully saturated rings. The molecule has 2 aliphatic rings. The van der Waals surface area contributed by atoms with E-state index in [1.54, 1.807) is 23.3 Å². The van der Waals surface area contributed by atoms with Crippen LogP contribution in [-0.2, 0) is 14.8 Å². The van der Waals surface area contributed by atoms with Gasteiger partial charge in [0.15, 0.2) is 0 Å². The number of hydrogen-bond donors (Lipinski definition) is 1. The minimum absolute atomic E-state index is 0.0514. The van der Waals surface area contributed by atoms with Crippen LogP contribution in [0, 0.1) is 0 Å². The Labute approximate surface area is 149 Å². The van der Waals surface area contributed by atoms with Gasteiger partial charge in [0.05, 0.1) is 17.4 Å². The van der Waals surface area contributed by atoms with Gasteiger partial charge in [0.25, 0.3) is 15.9 Å². The van der Waals surface area contributed by atoms with Gasteiger partial charge in [0.2, 0.25) is 0 Å². The van der Waals surface area contributed by atoms with E-state index < -0.39 is 10.0 Å². The molecule has 126 valence electrons. The van der Waals surface area contributed by atoms with Crippen molar-refractivity contribution in [3.8, 4) is 0 Å². The van der Waals surface area contributed by atoms with Crippen molar-refractivity contribution in [1.82, 2.24) is 10.2 Å². The zero-order chi connectivity index (χ0) is 17.3. The highest BCUT2D eigenvalue weighted by atomic mass is 79.9. The molecular formula is C16H16BrN3O3S. The Bertz CT molecular complexity index is 874. The number of rotatable bonds is 3. The van der Waals surface area contributed by atoms with Crippen LogP contribution in [0.2, 0.25) is 0 Å². The lowest BCUT2D eigenvalue weighted by Crippen LogP contribution is -2.38. The molecule has 0 spiro atoms. The Kier molecular flexibility index (Phi) is 4.60. The lowest BCUT2D eigenvalue weighted by Gasteiger charge is -2.27. The highest BCUT2D eigenvalue weighted by Gasteiger charge is 2.25. The lowest BCUT2D eigenvalue weighted by molar-refractivity contribution is -0.117. The molecule has 0 bridgehead atoms. The molecular weight excluding hydrogens is 394 g/mol. The molecule has 1 aromatic carbocycles. The molecule has 1 N–H and O–H groups in total. The second kappa shape index (κ2) is 6.52. The van der Waals surface area contributed by atoms with Crippen LogP contribution in [-0.4, -0.2) is 37.4 Å². The molecule has 24 heavy (non-hydrogen) atoms. The van der Waals surface area contributed by atoms with Crippen molar-refractivity contribution in [2.24, 2.45) is 4.40 Å². The molecule has 1 atom stereocenters. The quantitative estimate of drug-likeness (QED) is 0.828. The molecule has 8 heteroatoms. The van der Waals surface area contributed by atoms with E-state index in [9.17, 15) is 13.2 Å². The van der Waals surface area contributed by atoms with Crippen molar-refractivity contribution in [3.05, 3.63) is 58.2 Å². The first kappa shape index (κ1) is 16.9. The minimum Gasteiger partial charge on any atom is -0.345 e. The maximum Gasteiger partial charge on any atom is 0.256 e. The molecule has 0 saturated carbocycles. The van der Waals surface area contributed by atoms with Gasteiger partial charge in [-0.3, -0.25) is 4.79 Å². The molecule has 1 amide bonds. The second-order valence-electron chi connectivity index (χ2n) is 5.60. The van der Waals surface area contributed by atoms with Gasteiger partial charge in [-0.2, -0.15) is 0 Å². The smallest absolute Gasteiger partial charge is 0.256 e. The van der Waals surface area contributed by atoms with Crippen molar-refractivity contribution in [1.29, 1.82) is 0 Å². The third kappa shape index (κ3) is 3.76. The molecule has 0 aromatic heterocycles. The molecule has 2 aliphatic heterocycles. The third-order valence-corrected chi connectivity index (χ3v) is 5.44. The number of nitrogens with one attached hydrogen (secondary N) is 1. The van der Waals surface area contributed by atoms with Crippen LogP contribution in [0.15, 0.2) is 57.1 Å². The lowest BCUT2D eigenvalue weighted by atomic mass is 10.1. The monoisotopic (exact) mass is 409 g/mol. The van der Waals surface area contributed by atoms with Crippen LogP contribution in [0.5, 0.6) is 0 Å². The molecule has 0 saturated heterocycles. The molecule has 0 radical (unpaired) electrons. The Morgan fingerprint density at radius 1 is 1.38 bits per heavy atom. The van der Waals surface area contributed by atoms with Gasteiger partial charge >= 0.3 is 0 Å². The Balaban J connectivity index is 1.73. The first-order valence-electron chi connectivity index (χ1n) is 7.39. The Morgan fingerprint density at radius 3 is 2.92 bits per heavy atom. The molecule has 2 heterocycles. The fraction of sp³-hybridized carbons (Fsp3) is 0.250. The van der Waals surface area contributed by atoms with Crippen molar-refractivity contribution in [2.75, 3.05) is 12.3 Å². The van der Waals surface area contributed by atoms with Crippen LogP contribution < -0.4 is 5.32 Å². The normalized spacial score (nSPS) is 19.8. The Hall–Kier alpha value is -1.93. The van der Waals surface area contributed by atoms with Crippen LogP contribution in [0.25, 0.3) is 0 Å². The molecule has 1 aromatic rings. The number of amides is 1. The predicted octanol–water partition coefficient (Wildman–Crippen LogP) is 2.12. The number of carbonyl (C=O) groups is 1. The zero-order valence-electron chi connectivity index (χ0n) is 12.9. The van der Waals surface area contributed by atoms with E-state index in [4.69, 9.17) is 0 Å². The second-order valence-corrected chi connectivity index (χ2v) is 8.27. The number of hydrogen-bond acceptors (Lipinski definition) is 4. The average Bonchev–Trinajstić information content (AvgIpc) is 2.53. The average molecular weight is 410 g/mol. The van der Waals surface area contributed by atoms with Gasteiger partial charge in [-0.15, -0.1) is 4.40 Å². The van der Waals surface area contributed by atoms with Gasteiger partial charge in [-0.1, -0.05) is 28.1 Å². The highest BCUT2D eigenvalue weighted by molar-refractivity contribution is 9.10. The van der Waals surface area contributed by atoms with Gasteiger partial charge in [-0.25, -0.2) is 8.42 Å². The summed E-state index contributed by atoms with van der Waals surface area (Å²) in [4.78, 5) is 14.1. The molecule has 3 rings (SSSR count). The van der Waals surface area contributed by atoms with Crippen LogP contribution in [0.4, 0.5) is 0 Å². The maximum absolute atomic E-state index is 12.4. The van der Waals surface area contributed by atoms with Gasteiger partial charge in [0, 0.05) is 17.2 Å².